The van der Waals surface area contributed by atoms with Crippen molar-refractivity contribution in [3.63, 3.8) is 0 Å². The van der Waals surface area contributed by atoms with Crippen molar-refractivity contribution in [2.45, 2.75) is 26.2 Å². The van der Waals surface area contributed by atoms with Gasteiger partial charge in [-0.15, -0.1) is 0 Å². The molecule has 0 aliphatic carbocycles. The van der Waals surface area contributed by atoms with Crippen molar-refractivity contribution in [2.75, 3.05) is 20.8 Å². The predicted octanol–water partition coefficient (Wildman–Crippen LogP) is 2.56. The number of ether oxygens (including phenoxy) is 1. The smallest absolute Gasteiger partial charge is 0.245 e. The zero-order valence-corrected chi connectivity index (χ0v) is 11.3. The van der Waals surface area contributed by atoms with E-state index in [4.69, 9.17) is 9.57 Å². The summed E-state index contributed by atoms with van der Waals surface area (Å²) in [4.78, 5) is 16.2. The monoisotopic (exact) mass is 251 g/mol. The van der Waals surface area contributed by atoms with Gasteiger partial charge in [0, 0.05) is 13.5 Å². The SMILES string of the molecule is CON(C)C(=O)CCCCOc1cccc(C)c1. The molecule has 0 N–H and O–H groups in total. The molecule has 100 valence electrons. The lowest BCUT2D eigenvalue weighted by Gasteiger charge is -2.13. The van der Waals surface area contributed by atoms with Gasteiger partial charge in [-0.25, -0.2) is 5.06 Å². The van der Waals surface area contributed by atoms with Crippen LogP contribution in [0.4, 0.5) is 0 Å². The Morgan fingerprint density at radius 1 is 1.33 bits per heavy atom. The number of unbranched alkanes of at least 4 members (excludes halogenated alkanes) is 1. The summed E-state index contributed by atoms with van der Waals surface area (Å²) in [6, 6.07) is 7.95. The van der Waals surface area contributed by atoms with E-state index in [1.807, 2.05) is 31.2 Å². The van der Waals surface area contributed by atoms with Gasteiger partial charge in [-0.2, -0.15) is 0 Å². The average molecular weight is 251 g/mol. The molecule has 0 radical (unpaired) electrons. The second kappa shape index (κ2) is 7.71. The molecule has 0 aliphatic rings. The summed E-state index contributed by atoms with van der Waals surface area (Å²) in [5.74, 6) is 0.878. The predicted molar refractivity (Wildman–Crippen MR) is 70.3 cm³/mol. The van der Waals surface area contributed by atoms with Crippen LogP contribution in [0.5, 0.6) is 5.75 Å². The molecule has 1 aromatic carbocycles. The van der Waals surface area contributed by atoms with Gasteiger partial charge < -0.3 is 4.74 Å². The topological polar surface area (TPSA) is 38.8 Å². The minimum Gasteiger partial charge on any atom is -0.494 e. The van der Waals surface area contributed by atoms with Gasteiger partial charge in [0.15, 0.2) is 0 Å². The maximum absolute atomic E-state index is 11.4. The van der Waals surface area contributed by atoms with Crippen LogP contribution < -0.4 is 4.74 Å². The number of rotatable bonds is 7. The second-order valence-corrected chi connectivity index (χ2v) is 4.20. The van der Waals surface area contributed by atoms with Crippen LogP contribution in [0.1, 0.15) is 24.8 Å². The summed E-state index contributed by atoms with van der Waals surface area (Å²) in [7, 11) is 3.10. The van der Waals surface area contributed by atoms with Gasteiger partial charge in [0.2, 0.25) is 5.91 Å². The molecule has 18 heavy (non-hydrogen) atoms. The highest BCUT2D eigenvalue weighted by molar-refractivity contribution is 5.74. The fourth-order valence-corrected chi connectivity index (χ4v) is 1.53. The fraction of sp³-hybridized carbons (Fsp3) is 0.500. The molecular weight excluding hydrogens is 230 g/mol. The maximum Gasteiger partial charge on any atom is 0.245 e. The molecule has 0 atom stereocenters. The lowest BCUT2D eigenvalue weighted by Crippen LogP contribution is -2.25. The van der Waals surface area contributed by atoms with E-state index >= 15 is 0 Å². The zero-order valence-electron chi connectivity index (χ0n) is 11.3. The van der Waals surface area contributed by atoms with Crippen molar-refractivity contribution in [3.8, 4) is 5.75 Å². The van der Waals surface area contributed by atoms with Crippen LogP contribution in [0.15, 0.2) is 24.3 Å². The van der Waals surface area contributed by atoms with E-state index in [2.05, 4.69) is 0 Å². The van der Waals surface area contributed by atoms with Crippen molar-refractivity contribution in [2.24, 2.45) is 0 Å². The molecule has 0 saturated heterocycles. The first-order valence-electron chi connectivity index (χ1n) is 6.13. The van der Waals surface area contributed by atoms with E-state index in [-0.39, 0.29) is 5.91 Å². The van der Waals surface area contributed by atoms with Gasteiger partial charge in [0.05, 0.1) is 13.7 Å². The lowest BCUT2D eigenvalue weighted by molar-refractivity contribution is -0.168. The second-order valence-electron chi connectivity index (χ2n) is 4.20. The minimum atomic E-state index is -0.00643. The Bertz CT molecular complexity index is 379. The van der Waals surface area contributed by atoms with Crippen LogP contribution >= 0.6 is 0 Å². The summed E-state index contributed by atoms with van der Waals surface area (Å²) in [5.41, 5.74) is 1.18. The molecule has 0 bridgehead atoms. The molecule has 0 aromatic heterocycles. The Kier molecular flexibility index (Phi) is 6.22. The fourth-order valence-electron chi connectivity index (χ4n) is 1.53. The van der Waals surface area contributed by atoms with Crippen molar-refractivity contribution in [1.82, 2.24) is 5.06 Å². The Hall–Kier alpha value is -1.55. The molecule has 1 rings (SSSR count). The molecule has 0 heterocycles. The molecule has 0 fully saturated rings. The summed E-state index contributed by atoms with van der Waals surface area (Å²) >= 11 is 0. The Balaban J connectivity index is 2.14. The summed E-state index contributed by atoms with van der Waals surface area (Å²) in [6.07, 6.45) is 2.15. The van der Waals surface area contributed by atoms with Crippen molar-refractivity contribution < 1.29 is 14.4 Å². The third kappa shape index (κ3) is 5.19. The van der Waals surface area contributed by atoms with E-state index in [9.17, 15) is 4.79 Å². The number of hydrogen-bond acceptors (Lipinski definition) is 3. The molecular formula is C14H21NO3. The van der Waals surface area contributed by atoms with E-state index in [1.165, 1.54) is 17.7 Å². The normalized spacial score (nSPS) is 10.2. The van der Waals surface area contributed by atoms with E-state index in [0.717, 1.165) is 18.6 Å². The van der Waals surface area contributed by atoms with Crippen LogP contribution in [-0.2, 0) is 9.63 Å². The third-order valence-electron chi connectivity index (χ3n) is 2.67. The van der Waals surface area contributed by atoms with Crippen molar-refractivity contribution >= 4 is 5.91 Å². The summed E-state index contributed by atoms with van der Waals surface area (Å²) in [6.45, 7) is 2.67. The first kappa shape index (κ1) is 14.5. The third-order valence-corrected chi connectivity index (χ3v) is 2.67. The molecule has 4 nitrogen and oxygen atoms in total. The van der Waals surface area contributed by atoms with Crippen LogP contribution in [0, 0.1) is 6.92 Å². The number of amides is 1. The van der Waals surface area contributed by atoms with Gasteiger partial charge in [0.1, 0.15) is 5.75 Å². The highest BCUT2D eigenvalue weighted by Crippen LogP contribution is 2.13. The van der Waals surface area contributed by atoms with Gasteiger partial charge >= 0.3 is 0 Å². The van der Waals surface area contributed by atoms with Gasteiger partial charge in [-0.3, -0.25) is 9.63 Å². The molecule has 0 saturated carbocycles. The van der Waals surface area contributed by atoms with Crippen molar-refractivity contribution in [1.29, 1.82) is 0 Å². The summed E-state index contributed by atoms with van der Waals surface area (Å²) < 4.78 is 5.60. The van der Waals surface area contributed by atoms with Gasteiger partial charge in [0.25, 0.3) is 0 Å². The molecule has 1 amide bonds. The molecule has 1 aromatic rings. The highest BCUT2D eigenvalue weighted by Gasteiger charge is 2.06. The number of benzene rings is 1. The first-order chi connectivity index (χ1) is 8.63. The lowest BCUT2D eigenvalue weighted by atomic mass is 10.2. The molecule has 0 spiro atoms. The Morgan fingerprint density at radius 2 is 2.11 bits per heavy atom. The Labute approximate surface area is 108 Å². The minimum absolute atomic E-state index is 0.00643. The average Bonchev–Trinajstić information content (AvgIpc) is 2.37. The van der Waals surface area contributed by atoms with Gasteiger partial charge in [-0.1, -0.05) is 12.1 Å². The van der Waals surface area contributed by atoms with E-state index in [0.29, 0.717) is 13.0 Å². The Morgan fingerprint density at radius 3 is 2.78 bits per heavy atom. The number of hydroxylamine groups is 2. The molecule has 4 heteroatoms. The number of aryl methyl sites for hydroxylation is 1. The van der Waals surface area contributed by atoms with Crippen molar-refractivity contribution in [3.05, 3.63) is 29.8 Å². The standard InChI is InChI=1S/C14H21NO3/c1-12-7-6-8-13(11-12)18-10-5-4-9-14(16)15(2)17-3/h6-8,11H,4-5,9-10H2,1-3H3. The zero-order chi connectivity index (χ0) is 13.4. The van der Waals surface area contributed by atoms with E-state index < -0.39 is 0 Å². The van der Waals surface area contributed by atoms with E-state index in [1.54, 1.807) is 7.05 Å². The molecule has 0 unspecified atom stereocenters. The van der Waals surface area contributed by atoms with Crippen LogP contribution in [0.25, 0.3) is 0 Å². The van der Waals surface area contributed by atoms with Crippen LogP contribution in [0.3, 0.4) is 0 Å². The number of nitrogens with zero attached hydrogens (tertiary/aromatic N) is 1. The number of carbonyl (C=O) groups is 1. The highest BCUT2D eigenvalue weighted by atomic mass is 16.7. The van der Waals surface area contributed by atoms with Gasteiger partial charge in [-0.05, 0) is 37.5 Å². The van der Waals surface area contributed by atoms with Crippen LogP contribution in [0.2, 0.25) is 0 Å². The largest absolute Gasteiger partial charge is 0.494 e. The summed E-state index contributed by atoms with van der Waals surface area (Å²) in [5, 5.41) is 1.25. The molecule has 0 aliphatic heterocycles. The number of hydrogen-bond donors (Lipinski definition) is 0. The first-order valence-corrected chi connectivity index (χ1v) is 6.13. The number of carbonyl (C=O) groups excluding carboxylic acids is 1. The maximum atomic E-state index is 11.4. The van der Waals surface area contributed by atoms with Crippen LogP contribution in [-0.4, -0.2) is 31.7 Å². The quantitative estimate of drug-likeness (QED) is 0.552.